The summed E-state index contributed by atoms with van der Waals surface area (Å²) in [5.41, 5.74) is 0. The van der Waals surface area contributed by atoms with Crippen molar-refractivity contribution in [2.45, 2.75) is 13.0 Å². The van der Waals surface area contributed by atoms with Crippen LogP contribution in [0.2, 0.25) is 0 Å². The molecule has 1 aromatic carbocycles. The molecule has 0 radical (unpaired) electrons. The quantitative estimate of drug-likeness (QED) is 0.459. The average Bonchev–Trinajstić information content (AvgIpc) is 2.29. The van der Waals surface area contributed by atoms with Crippen LogP contribution in [0.3, 0.4) is 0 Å². The zero-order chi connectivity index (χ0) is 13.5. The monoisotopic (exact) mass is 377 g/mol. The molecule has 5 heteroatoms. The van der Waals surface area contributed by atoms with Gasteiger partial charge in [-0.2, -0.15) is 0 Å². The second-order valence-electron chi connectivity index (χ2n) is 4.67. The number of guanidine groups is 1. The molecule has 0 N–H and O–H groups in total. The van der Waals surface area contributed by atoms with E-state index in [1.54, 1.807) is 0 Å². The molecule has 0 saturated carbocycles. The van der Waals surface area contributed by atoms with Crippen molar-refractivity contribution >= 4 is 29.9 Å². The third-order valence-corrected chi connectivity index (χ3v) is 2.37. The first-order chi connectivity index (χ1) is 8.50. The van der Waals surface area contributed by atoms with Crippen molar-refractivity contribution in [3.05, 3.63) is 30.3 Å². The van der Waals surface area contributed by atoms with Crippen molar-refractivity contribution in [2.24, 2.45) is 4.99 Å². The lowest BCUT2D eigenvalue weighted by Gasteiger charge is -2.23. The molecule has 0 aliphatic rings. The molecule has 0 fully saturated rings. The first kappa shape index (κ1) is 18.0. The van der Waals surface area contributed by atoms with Crippen molar-refractivity contribution in [3.63, 3.8) is 0 Å². The Morgan fingerprint density at radius 1 is 1.11 bits per heavy atom. The number of benzene rings is 1. The van der Waals surface area contributed by atoms with Crippen LogP contribution >= 0.6 is 24.0 Å². The molecule has 0 aromatic heterocycles. The maximum Gasteiger partial charge on any atom is 0.195 e. The van der Waals surface area contributed by atoms with E-state index < -0.39 is 0 Å². The predicted octanol–water partition coefficient (Wildman–Crippen LogP) is 2.55. The Morgan fingerprint density at radius 3 is 2.11 bits per heavy atom. The first-order valence-electron chi connectivity index (χ1n) is 6.11. The van der Waals surface area contributed by atoms with Gasteiger partial charge in [-0.3, -0.25) is 0 Å². The maximum atomic E-state index is 5.78. The van der Waals surface area contributed by atoms with Gasteiger partial charge < -0.3 is 14.5 Å². The van der Waals surface area contributed by atoms with Gasteiger partial charge in [0.1, 0.15) is 11.9 Å². The fraction of sp³-hybridized carbons (Fsp3) is 0.500. The van der Waals surface area contributed by atoms with E-state index in [1.807, 2.05) is 75.2 Å². The lowest BCUT2D eigenvalue weighted by atomic mass is 10.3. The molecule has 19 heavy (non-hydrogen) atoms. The minimum absolute atomic E-state index is 0. The molecule has 0 bridgehead atoms. The zero-order valence-electron chi connectivity index (χ0n) is 12.3. The molecular weight excluding hydrogens is 353 g/mol. The van der Waals surface area contributed by atoms with Crippen LogP contribution in [0.5, 0.6) is 5.75 Å². The molecule has 0 saturated heterocycles. The fourth-order valence-corrected chi connectivity index (χ4v) is 1.66. The Balaban J connectivity index is 0.00000324. The van der Waals surface area contributed by atoms with E-state index in [9.17, 15) is 0 Å². The highest BCUT2D eigenvalue weighted by Gasteiger charge is 2.07. The lowest BCUT2D eigenvalue weighted by molar-refractivity contribution is 0.229. The van der Waals surface area contributed by atoms with E-state index >= 15 is 0 Å². The average molecular weight is 377 g/mol. The summed E-state index contributed by atoms with van der Waals surface area (Å²) < 4.78 is 5.78. The van der Waals surface area contributed by atoms with Gasteiger partial charge in [0.25, 0.3) is 0 Å². The summed E-state index contributed by atoms with van der Waals surface area (Å²) in [4.78, 5) is 8.55. The van der Waals surface area contributed by atoms with E-state index in [1.165, 1.54) is 0 Å². The topological polar surface area (TPSA) is 28.1 Å². The molecule has 108 valence electrons. The van der Waals surface area contributed by atoms with Crippen LogP contribution in [0.1, 0.15) is 6.92 Å². The predicted molar refractivity (Wildman–Crippen MR) is 91.6 cm³/mol. The van der Waals surface area contributed by atoms with Crippen LogP contribution in [0.15, 0.2) is 35.3 Å². The van der Waals surface area contributed by atoms with Gasteiger partial charge >= 0.3 is 0 Å². The fourth-order valence-electron chi connectivity index (χ4n) is 1.66. The summed E-state index contributed by atoms with van der Waals surface area (Å²) in [5.74, 6) is 1.83. The minimum atomic E-state index is 0. The normalized spacial score (nSPS) is 11.0. The first-order valence-corrected chi connectivity index (χ1v) is 6.11. The molecule has 1 atom stereocenters. The molecule has 0 aliphatic heterocycles. The number of aliphatic imine (C=N–C) groups is 1. The second kappa shape index (κ2) is 9.01. The Labute approximate surface area is 133 Å². The Morgan fingerprint density at radius 2 is 1.63 bits per heavy atom. The summed E-state index contributed by atoms with van der Waals surface area (Å²) in [6, 6.07) is 9.83. The number of rotatable bonds is 4. The molecule has 0 heterocycles. The highest BCUT2D eigenvalue weighted by Crippen LogP contribution is 2.10. The van der Waals surface area contributed by atoms with E-state index in [0.29, 0.717) is 6.54 Å². The SMILES string of the molecule is CC(CN=C(N(C)C)N(C)C)Oc1ccccc1.I. The van der Waals surface area contributed by atoms with Gasteiger partial charge in [0.05, 0.1) is 6.54 Å². The van der Waals surface area contributed by atoms with E-state index in [0.717, 1.165) is 11.7 Å². The molecule has 0 spiro atoms. The van der Waals surface area contributed by atoms with E-state index in [4.69, 9.17) is 4.74 Å². The Bertz CT molecular complexity index is 370. The van der Waals surface area contributed by atoms with Gasteiger partial charge in [0.15, 0.2) is 5.96 Å². The third kappa shape index (κ3) is 6.66. The van der Waals surface area contributed by atoms with Crippen LogP contribution in [0.4, 0.5) is 0 Å². The lowest BCUT2D eigenvalue weighted by Crippen LogP contribution is -2.36. The zero-order valence-corrected chi connectivity index (χ0v) is 14.7. The summed E-state index contributed by atoms with van der Waals surface area (Å²) in [6.45, 7) is 2.67. The van der Waals surface area contributed by atoms with Gasteiger partial charge in [0.2, 0.25) is 0 Å². The van der Waals surface area contributed by atoms with E-state index in [-0.39, 0.29) is 30.1 Å². The van der Waals surface area contributed by atoms with Crippen LogP contribution in [-0.2, 0) is 0 Å². The van der Waals surface area contributed by atoms with Gasteiger partial charge in [-0.15, -0.1) is 24.0 Å². The van der Waals surface area contributed by atoms with Gasteiger partial charge in [-0.05, 0) is 19.1 Å². The molecule has 1 aromatic rings. The highest BCUT2D eigenvalue weighted by molar-refractivity contribution is 14.0. The van der Waals surface area contributed by atoms with Crippen LogP contribution in [0.25, 0.3) is 0 Å². The van der Waals surface area contributed by atoms with Crippen molar-refractivity contribution in [1.29, 1.82) is 0 Å². The third-order valence-electron chi connectivity index (χ3n) is 2.37. The van der Waals surface area contributed by atoms with Crippen molar-refractivity contribution in [3.8, 4) is 5.75 Å². The summed E-state index contributed by atoms with van der Waals surface area (Å²) >= 11 is 0. The smallest absolute Gasteiger partial charge is 0.195 e. The molecule has 0 amide bonds. The number of halogens is 1. The second-order valence-corrected chi connectivity index (χ2v) is 4.67. The molecule has 1 rings (SSSR count). The van der Waals surface area contributed by atoms with E-state index in [2.05, 4.69) is 4.99 Å². The molecule has 0 aliphatic carbocycles. The Kier molecular flexibility index (Phi) is 8.54. The van der Waals surface area contributed by atoms with Crippen LogP contribution in [0, 0.1) is 0 Å². The summed E-state index contributed by atoms with van der Waals surface area (Å²) in [7, 11) is 7.95. The van der Waals surface area contributed by atoms with Crippen LogP contribution in [-0.4, -0.2) is 56.6 Å². The number of nitrogens with zero attached hydrogens (tertiary/aromatic N) is 3. The number of para-hydroxylation sites is 1. The summed E-state index contributed by atoms with van der Waals surface area (Å²) in [5, 5.41) is 0. The number of ether oxygens (including phenoxy) is 1. The summed E-state index contributed by atoms with van der Waals surface area (Å²) in [6.07, 6.45) is 0.0577. The molecule has 1 unspecified atom stereocenters. The maximum absolute atomic E-state index is 5.78. The molecular formula is C14H24IN3O. The number of hydrogen-bond donors (Lipinski definition) is 0. The highest BCUT2D eigenvalue weighted by atomic mass is 127. The van der Waals surface area contributed by atoms with Crippen molar-refractivity contribution in [1.82, 2.24) is 9.80 Å². The molecule has 4 nitrogen and oxygen atoms in total. The van der Waals surface area contributed by atoms with Gasteiger partial charge in [-0.25, -0.2) is 4.99 Å². The van der Waals surface area contributed by atoms with Crippen LogP contribution < -0.4 is 4.74 Å². The van der Waals surface area contributed by atoms with Crippen molar-refractivity contribution < 1.29 is 4.74 Å². The van der Waals surface area contributed by atoms with Gasteiger partial charge in [0, 0.05) is 28.2 Å². The Hall–Kier alpha value is -0.980. The largest absolute Gasteiger partial charge is 0.489 e. The number of hydrogen-bond acceptors (Lipinski definition) is 2. The minimum Gasteiger partial charge on any atom is -0.489 e. The van der Waals surface area contributed by atoms with Crippen molar-refractivity contribution in [2.75, 3.05) is 34.7 Å². The van der Waals surface area contributed by atoms with Gasteiger partial charge in [-0.1, -0.05) is 18.2 Å². The standard InChI is InChI=1S/C14H23N3O.HI/c1-12(18-13-9-7-6-8-10-13)11-15-14(16(2)3)17(4)5;/h6-10,12H,11H2,1-5H3;1H.